The second-order valence-electron chi connectivity index (χ2n) is 3.09. The lowest BCUT2D eigenvalue weighted by Crippen LogP contribution is -2.00. The van der Waals surface area contributed by atoms with Gasteiger partial charge in [0.25, 0.3) is 0 Å². The van der Waals surface area contributed by atoms with Gasteiger partial charge in [0.05, 0.1) is 0 Å². The zero-order valence-corrected chi connectivity index (χ0v) is 7.38. The Morgan fingerprint density at radius 3 is 3.00 bits per heavy atom. The fourth-order valence-corrected chi connectivity index (χ4v) is 1.39. The number of benzene rings is 1. The van der Waals surface area contributed by atoms with Crippen LogP contribution in [-0.2, 0) is 0 Å². The van der Waals surface area contributed by atoms with E-state index in [1.807, 2.05) is 24.4 Å². The van der Waals surface area contributed by atoms with Crippen molar-refractivity contribution in [2.75, 3.05) is 6.54 Å². The maximum absolute atomic E-state index is 5.52. The SMILES string of the molecule is C=C(CN)c1ccc2[nH]ccc2c1. The molecule has 13 heavy (non-hydrogen) atoms. The van der Waals surface area contributed by atoms with Gasteiger partial charge in [-0.3, -0.25) is 0 Å². The Morgan fingerprint density at radius 1 is 1.38 bits per heavy atom. The van der Waals surface area contributed by atoms with Crippen LogP contribution in [0.15, 0.2) is 37.0 Å². The zero-order valence-electron chi connectivity index (χ0n) is 7.38. The Balaban J connectivity index is 2.54. The average Bonchev–Trinajstić information content (AvgIpc) is 2.63. The highest BCUT2D eigenvalue weighted by atomic mass is 14.7. The topological polar surface area (TPSA) is 41.8 Å². The molecule has 1 aromatic heterocycles. The minimum Gasteiger partial charge on any atom is -0.361 e. The number of H-pyrrole nitrogens is 1. The van der Waals surface area contributed by atoms with Crippen LogP contribution in [0.25, 0.3) is 16.5 Å². The van der Waals surface area contributed by atoms with Gasteiger partial charge in [0.1, 0.15) is 0 Å². The highest BCUT2D eigenvalue weighted by molar-refractivity contribution is 5.83. The van der Waals surface area contributed by atoms with Gasteiger partial charge in [-0.1, -0.05) is 12.6 Å². The van der Waals surface area contributed by atoms with E-state index in [1.165, 1.54) is 5.39 Å². The number of hydrogen-bond donors (Lipinski definition) is 2. The van der Waals surface area contributed by atoms with Gasteiger partial charge in [0.2, 0.25) is 0 Å². The summed E-state index contributed by atoms with van der Waals surface area (Å²) in [6.45, 7) is 4.41. The fraction of sp³-hybridized carbons (Fsp3) is 0.0909. The van der Waals surface area contributed by atoms with Crippen LogP contribution >= 0.6 is 0 Å². The first-order valence-electron chi connectivity index (χ1n) is 4.26. The first kappa shape index (κ1) is 8.08. The molecule has 0 bridgehead atoms. The summed E-state index contributed by atoms with van der Waals surface area (Å²) in [5.41, 5.74) is 8.76. The standard InChI is InChI=1S/C11H12N2/c1-8(7-12)9-2-3-11-10(6-9)4-5-13-11/h2-6,13H,1,7,12H2. The van der Waals surface area contributed by atoms with Crippen LogP contribution in [0.1, 0.15) is 5.56 Å². The number of rotatable bonds is 2. The Kier molecular flexibility index (Phi) is 1.91. The number of nitrogens with one attached hydrogen (secondary N) is 1. The summed E-state index contributed by atoms with van der Waals surface area (Å²) in [6, 6.07) is 8.23. The quantitative estimate of drug-likeness (QED) is 0.716. The number of fused-ring (bicyclic) bond motifs is 1. The highest BCUT2D eigenvalue weighted by Crippen LogP contribution is 2.18. The molecule has 2 heteroatoms. The molecule has 0 amide bonds. The van der Waals surface area contributed by atoms with Crippen molar-refractivity contribution < 1.29 is 0 Å². The zero-order chi connectivity index (χ0) is 9.26. The molecule has 0 saturated carbocycles. The molecule has 0 spiro atoms. The van der Waals surface area contributed by atoms with Gasteiger partial charge in [-0.2, -0.15) is 0 Å². The molecule has 0 aliphatic rings. The van der Waals surface area contributed by atoms with E-state index in [0.717, 1.165) is 16.7 Å². The summed E-state index contributed by atoms with van der Waals surface area (Å²) in [6.07, 6.45) is 1.93. The Labute approximate surface area is 77.1 Å². The smallest absolute Gasteiger partial charge is 0.0454 e. The molecular weight excluding hydrogens is 160 g/mol. The molecule has 2 nitrogen and oxygen atoms in total. The molecule has 2 aromatic rings. The van der Waals surface area contributed by atoms with Gasteiger partial charge in [-0.15, -0.1) is 0 Å². The maximum atomic E-state index is 5.52. The maximum Gasteiger partial charge on any atom is 0.0454 e. The summed E-state index contributed by atoms with van der Waals surface area (Å²) in [7, 11) is 0. The second-order valence-corrected chi connectivity index (χ2v) is 3.09. The van der Waals surface area contributed by atoms with E-state index >= 15 is 0 Å². The van der Waals surface area contributed by atoms with Crippen LogP contribution in [0.5, 0.6) is 0 Å². The summed E-state index contributed by atoms with van der Waals surface area (Å²) >= 11 is 0. The molecule has 0 atom stereocenters. The van der Waals surface area contributed by atoms with Crippen molar-refractivity contribution in [1.82, 2.24) is 4.98 Å². The second kappa shape index (κ2) is 3.07. The van der Waals surface area contributed by atoms with Crippen LogP contribution in [0.2, 0.25) is 0 Å². The number of nitrogens with two attached hydrogens (primary N) is 1. The first-order chi connectivity index (χ1) is 6.31. The molecule has 1 aromatic carbocycles. The van der Waals surface area contributed by atoms with E-state index < -0.39 is 0 Å². The van der Waals surface area contributed by atoms with E-state index in [-0.39, 0.29) is 0 Å². The highest BCUT2D eigenvalue weighted by Gasteiger charge is 1.98. The van der Waals surface area contributed by atoms with Gasteiger partial charge < -0.3 is 10.7 Å². The van der Waals surface area contributed by atoms with Crippen molar-refractivity contribution >= 4 is 16.5 Å². The van der Waals surface area contributed by atoms with Crippen molar-refractivity contribution in [3.05, 3.63) is 42.6 Å². The largest absolute Gasteiger partial charge is 0.361 e. The normalized spacial score (nSPS) is 10.5. The van der Waals surface area contributed by atoms with Gasteiger partial charge in [0.15, 0.2) is 0 Å². The monoisotopic (exact) mass is 172 g/mol. The Morgan fingerprint density at radius 2 is 2.23 bits per heavy atom. The Bertz CT molecular complexity index is 440. The number of aromatic nitrogens is 1. The predicted octanol–water partition coefficient (Wildman–Crippen LogP) is 2.14. The average molecular weight is 172 g/mol. The fourth-order valence-electron chi connectivity index (χ4n) is 1.39. The number of aromatic amines is 1. The molecule has 1 heterocycles. The molecule has 0 unspecified atom stereocenters. The molecule has 0 radical (unpaired) electrons. The summed E-state index contributed by atoms with van der Waals surface area (Å²) < 4.78 is 0. The molecule has 66 valence electrons. The third-order valence-corrected chi connectivity index (χ3v) is 2.21. The van der Waals surface area contributed by atoms with Gasteiger partial charge in [-0.05, 0) is 34.7 Å². The van der Waals surface area contributed by atoms with Crippen molar-refractivity contribution in [1.29, 1.82) is 0 Å². The van der Waals surface area contributed by atoms with Gasteiger partial charge >= 0.3 is 0 Å². The molecule has 2 rings (SSSR count). The van der Waals surface area contributed by atoms with E-state index in [2.05, 4.69) is 17.6 Å². The molecule has 3 N–H and O–H groups in total. The van der Waals surface area contributed by atoms with Gasteiger partial charge in [-0.25, -0.2) is 0 Å². The molecular formula is C11H12N2. The summed E-state index contributed by atoms with van der Waals surface area (Å²) in [4.78, 5) is 3.14. The van der Waals surface area contributed by atoms with Crippen molar-refractivity contribution in [3.63, 3.8) is 0 Å². The molecule has 0 aliphatic heterocycles. The number of hydrogen-bond acceptors (Lipinski definition) is 1. The van der Waals surface area contributed by atoms with E-state index in [0.29, 0.717) is 6.54 Å². The van der Waals surface area contributed by atoms with Crippen LogP contribution in [0.4, 0.5) is 0 Å². The molecule has 0 saturated heterocycles. The predicted molar refractivity (Wildman–Crippen MR) is 56.4 cm³/mol. The minimum atomic E-state index is 0.510. The third kappa shape index (κ3) is 1.36. The van der Waals surface area contributed by atoms with Crippen LogP contribution in [0, 0.1) is 0 Å². The first-order valence-corrected chi connectivity index (χ1v) is 4.26. The van der Waals surface area contributed by atoms with Crippen LogP contribution < -0.4 is 5.73 Å². The van der Waals surface area contributed by atoms with Crippen molar-refractivity contribution in [3.8, 4) is 0 Å². The van der Waals surface area contributed by atoms with E-state index in [4.69, 9.17) is 5.73 Å². The Hall–Kier alpha value is -1.54. The minimum absolute atomic E-state index is 0.510. The molecule has 0 aliphatic carbocycles. The van der Waals surface area contributed by atoms with Crippen LogP contribution in [0.3, 0.4) is 0 Å². The summed E-state index contributed by atoms with van der Waals surface area (Å²) in [5.74, 6) is 0. The lowest BCUT2D eigenvalue weighted by atomic mass is 10.1. The van der Waals surface area contributed by atoms with E-state index in [9.17, 15) is 0 Å². The van der Waals surface area contributed by atoms with Crippen molar-refractivity contribution in [2.24, 2.45) is 5.73 Å². The lowest BCUT2D eigenvalue weighted by molar-refractivity contribution is 1.27. The van der Waals surface area contributed by atoms with E-state index in [1.54, 1.807) is 0 Å². The lowest BCUT2D eigenvalue weighted by Gasteiger charge is -2.01. The molecule has 0 fully saturated rings. The van der Waals surface area contributed by atoms with Crippen molar-refractivity contribution in [2.45, 2.75) is 0 Å². The van der Waals surface area contributed by atoms with Gasteiger partial charge in [0, 0.05) is 18.3 Å². The van der Waals surface area contributed by atoms with Crippen LogP contribution in [-0.4, -0.2) is 11.5 Å². The third-order valence-electron chi connectivity index (χ3n) is 2.21. The summed E-state index contributed by atoms with van der Waals surface area (Å²) in [5, 5.41) is 1.20.